The van der Waals surface area contributed by atoms with Crippen LogP contribution in [-0.4, -0.2) is 22.4 Å². The Morgan fingerprint density at radius 3 is 2.90 bits per heavy atom. The van der Waals surface area contributed by atoms with Gasteiger partial charge < -0.3 is 10.6 Å². The highest BCUT2D eigenvalue weighted by atomic mass is 35.5. The predicted octanol–water partition coefficient (Wildman–Crippen LogP) is 2.89. The van der Waals surface area contributed by atoms with Crippen LogP contribution in [0, 0.1) is 0 Å². The highest BCUT2D eigenvalue weighted by molar-refractivity contribution is 6.28. The summed E-state index contributed by atoms with van der Waals surface area (Å²) in [5.74, 6) is 0.592. The number of carbonyl (C=O) groups is 1. The molecule has 1 aliphatic heterocycles. The van der Waals surface area contributed by atoms with Crippen LogP contribution in [0.15, 0.2) is 30.5 Å². The minimum Gasteiger partial charge on any atom is -0.351 e. The summed E-state index contributed by atoms with van der Waals surface area (Å²) in [6.07, 6.45) is 1.59. The Hall–Kier alpha value is -2.14. The first-order valence-electron chi connectivity index (χ1n) is 6.64. The molecule has 3 rings (SSSR count). The molecule has 5 nitrogen and oxygen atoms in total. The van der Waals surface area contributed by atoms with Crippen molar-refractivity contribution in [2.24, 2.45) is 0 Å². The van der Waals surface area contributed by atoms with Gasteiger partial charge in [0.1, 0.15) is 5.82 Å². The van der Waals surface area contributed by atoms with Crippen LogP contribution in [0.1, 0.15) is 29.8 Å². The Morgan fingerprint density at radius 1 is 1.33 bits per heavy atom. The van der Waals surface area contributed by atoms with Crippen molar-refractivity contribution < 1.29 is 4.79 Å². The lowest BCUT2D eigenvalue weighted by atomic mass is 9.79. The van der Waals surface area contributed by atoms with Gasteiger partial charge in [0.2, 0.25) is 5.28 Å². The van der Waals surface area contributed by atoms with E-state index in [2.05, 4.69) is 34.4 Å². The maximum Gasteiger partial charge on any atom is 0.251 e. The molecule has 6 heteroatoms. The molecule has 2 heterocycles. The zero-order valence-electron chi connectivity index (χ0n) is 11.8. The Morgan fingerprint density at radius 2 is 2.14 bits per heavy atom. The second kappa shape index (κ2) is 5.00. The molecule has 0 fully saturated rings. The number of fused-ring (bicyclic) bond motifs is 1. The van der Waals surface area contributed by atoms with Crippen LogP contribution in [-0.2, 0) is 5.41 Å². The molecular formula is C15H15ClN4O. The van der Waals surface area contributed by atoms with Crippen LogP contribution >= 0.6 is 11.6 Å². The number of halogens is 1. The van der Waals surface area contributed by atoms with E-state index in [-0.39, 0.29) is 16.6 Å². The third kappa shape index (κ3) is 2.69. The van der Waals surface area contributed by atoms with E-state index in [0.717, 1.165) is 16.8 Å². The zero-order valence-corrected chi connectivity index (χ0v) is 12.5. The number of aromatic nitrogens is 2. The lowest BCUT2D eigenvalue weighted by molar-refractivity contribution is 0.0930. The highest BCUT2D eigenvalue weighted by Gasteiger charge is 2.31. The van der Waals surface area contributed by atoms with Gasteiger partial charge in [0.15, 0.2) is 0 Å². The molecule has 0 spiro atoms. The van der Waals surface area contributed by atoms with Crippen molar-refractivity contribution in [1.29, 1.82) is 0 Å². The van der Waals surface area contributed by atoms with Gasteiger partial charge in [-0.2, -0.15) is 0 Å². The standard InChI is InChI=1S/C15H15ClN4O/c1-15(2)8-18-13(21)10-4-3-9(7-11(10)15)19-12-5-6-17-14(16)20-12/h3-7H,8H2,1-2H3,(H,18,21)(H,17,19,20). The molecule has 2 aromatic rings. The molecule has 0 unspecified atom stereocenters. The number of carbonyl (C=O) groups excluding carboxylic acids is 1. The van der Waals surface area contributed by atoms with E-state index in [1.807, 2.05) is 18.2 Å². The monoisotopic (exact) mass is 302 g/mol. The topological polar surface area (TPSA) is 66.9 Å². The smallest absolute Gasteiger partial charge is 0.251 e. The molecule has 0 atom stereocenters. The molecule has 108 valence electrons. The van der Waals surface area contributed by atoms with Crippen molar-refractivity contribution in [3.8, 4) is 0 Å². The zero-order chi connectivity index (χ0) is 15.0. The Bertz CT molecular complexity index is 715. The summed E-state index contributed by atoms with van der Waals surface area (Å²) >= 11 is 5.78. The lowest BCUT2D eigenvalue weighted by Crippen LogP contribution is -2.43. The number of hydrogen-bond donors (Lipinski definition) is 2. The molecule has 0 saturated heterocycles. The largest absolute Gasteiger partial charge is 0.351 e. The van der Waals surface area contributed by atoms with Crippen LogP contribution in [0.5, 0.6) is 0 Å². The average molecular weight is 303 g/mol. The fraction of sp³-hybridized carbons (Fsp3) is 0.267. The normalized spacial score (nSPS) is 16.0. The fourth-order valence-corrected chi connectivity index (χ4v) is 2.57. The number of nitrogens with one attached hydrogen (secondary N) is 2. The second-order valence-corrected chi connectivity index (χ2v) is 6.00. The van der Waals surface area contributed by atoms with Crippen LogP contribution in [0.3, 0.4) is 0 Å². The van der Waals surface area contributed by atoms with E-state index >= 15 is 0 Å². The number of rotatable bonds is 2. The van der Waals surface area contributed by atoms with E-state index in [0.29, 0.717) is 12.4 Å². The van der Waals surface area contributed by atoms with Crippen LogP contribution in [0.2, 0.25) is 5.28 Å². The first-order valence-corrected chi connectivity index (χ1v) is 7.02. The predicted molar refractivity (Wildman–Crippen MR) is 82.1 cm³/mol. The molecule has 1 aromatic carbocycles. The van der Waals surface area contributed by atoms with Gasteiger partial charge in [0.25, 0.3) is 5.91 Å². The SMILES string of the molecule is CC1(C)CNC(=O)c2ccc(Nc3ccnc(Cl)n3)cc21. The quantitative estimate of drug-likeness (QED) is 0.837. The van der Waals surface area contributed by atoms with Crippen LogP contribution < -0.4 is 10.6 Å². The summed E-state index contributed by atoms with van der Waals surface area (Å²) in [5, 5.41) is 6.28. The van der Waals surface area contributed by atoms with Gasteiger partial charge in [-0.15, -0.1) is 0 Å². The van der Waals surface area contributed by atoms with Crippen molar-refractivity contribution in [2.75, 3.05) is 11.9 Å². The third-order valence-corrected chi connectivity index (χ3v) is 3.76. The van der Waals surface area contributed by atoms with Crippen molar-refractivity contribution in [1.82, 2.24) is 15.3 Å². The average Bonchev–Trinajstić information content (AvgIpc) is 2.44. The van der Waals surface area contributed by atoms with Crippen molar-refractivity contribution >= 4 is 29.0 Å². The maximum absolute atomic E-state index is 11.9. The summed E-state index contributed by atoms with van der Waals surface area (Å²) in [7, 11) is 0. The van der Waals surface area contributed by atoms with Gasteiger partial charge in [0, 0.05) is 29.4 Å². The van der Waals surface area contributed by atoms with Gasteiger partial charge in [-0.25, -0.2) is 9.97 Å². The van der Waals surface area contributed by atoms with Crippen LogP contribution in [0.25, 0.3) is 0 Å². The number of benzene rings is 1. The molecule has 0 aliphatic carbocycles. The van der Waals surface area contributed by atoms with Crippen molar-refractivity contribution in [3.05, 3.63) is 46.9 Å². The molecule has 21 heavy (non-hydrogen) atoms. The van der Waals surface area contributed by atoms with Crippen molar-refractivity contribution in [2.45, 2.75) is 19.3 Å². The summed E-state index contributed by atoms with van der Waals surface area (Å²) in [4.78, 5) is 19.9. The fourth-order valence-electron chi connectivity index (χ4n) is 2.42. The summed E-state index contributed by atoms with van der Waals surface area (Å²) in [5.41, 5.74) is 2.50. The Labute approximate surface area is 127 Å². The Balaban J connectivity index is 1.97. The number of anilines is 2. The minimum atomic E-state index is -0.107. The first kappa shape index (κ1) is 13.8. The third-order valence-electron chi connectivity index (χ3n) is 3.58. The first-order chi connectivity index (χ1) is 9.95. The molecule has 1 aromatic heterocycles. The van der Waals surface area contributed by atoms with E-state index in [9.17, 15) is 4.79 Å². The van der Waals surface area contributed by atoms with Gasteiger partial charge in [-0.05, 0) is 41.4 Å². The van der Waals surface area contributed by atoms with Crippen LogP contribution in [0.4, 0.5) is 11.5 Å². The summed E-state index contributed by atoms with van der Waals surface area (Å²) in [6.45, 7) is 4.84. The highest BCUT2D eigenvalue weighted by Crippen LogP contribution is 2.32. The number of amides is 1. The molecule has 0 saturated carbocycles. The number of nitrogens with zero attached hydrogens (tertiary/aromatic N) is 2. The van der Waals surface area contributed by atoms with E-state index in [4.69, 9.17) is 11.6 Å². The summed E-state index contributed by atoms with van der Waals surface area (Å²) < 4.78 is 0. The van der Waals surface area contributed by atoms with Gasteiger partial charge in [0.05, 0.1) is 0 Å². The second-order valence-electron chi connectivity index (χ2n) is 5.66. The molecule has 0 radical (unpaired) electrons. The Kier molecular flexibility index (Phi) is 3.29. The molecule has 0 bridgehead atoms. The van der Waals surface area contributed by atoms with Crippen molar-refractivity contribution in [3.63, 3.8) is 0 Å². The molecule has 1 amide bonds. The van der Waals surface area contributed by atoms with Gasteiger partial charge >= 0.3 is 0 Å². The van der Waals surface area contributed by atoms with E-state index < -0.39 is 0 Å². The molecule has 2 N–H and O–H groups in total. The van der Waals surface area contributed by atoms with E-state index in [1.165, 1.54) is 0 Å². The van der Waals surface area contributed by atoms with Gasteiger partial charge in [-0.3, -0.25) is 4.79 Å². The number of hydrogen-bond acceptors (Lipinski definition) is 4. The summed E-state index contributed by atoms with van der Waals surface area (Å²) in [6, 6.07) is 7.42. The minimum absolute atomic E-state index is 0.0269. The van der Waals surface area contributed by atoms with E-state index in [1.54, 1.807) is 12.3 Å². The van der Waals surface area contributed by atoms with Gasteiger partial charge in [-0.1, -0.05) is 13.8 Å². The maximum atomic E-state index is 11.9. The molecule has 1 aliphatic rings. The lowest BCUT2D eigenvalue weighted by Gasteiger charge is -2.32. The molecular weight excluding hydrogens is 288 g/mol.